The van der Waals surface area contributed by atoms with Crippen molar-refractivity contribution in [3.8, 4) is 17.1 Å². The van der Waals surface area contributed by atoms with Crippen LogP contribution in [0.2, 0.25) is 0 Å². The largest absolute Gasteiger partial charge is 0.477 e. The van der Waals surface area contributed by atoms with Crippen LogP contribution in [0.15, 0.2) is 42.7 Å². The van der Waals surface area contributed by atoms with Crippen LogP contribution in [0.4, 0.5) is 5.82 Å². The van der Waals surface area contributed by atoms with Crippen LogP contribution in [0.1, 0.15) is 53.5 Å². The third kappa shape index (κ3) is 5.42. The van der Waals surface area contributed by atoms with Crippen LogP contribution in [0.5, 0.6) is 5.88 Å². The summed E-state index contributed by atoms with van der Waals surface area (Å²) in [5, 5.41) is 10.3. The molecule has 2 amide bonds. The number of carbonyl (C=O) groups is 2. The predicted octanol–water partition coefficient (Wildman–Crippen LogP) is 3.87. The molecule has 4 aromatic rings. The van der Waals surface area contributed by atoms with Gasteiger partial charge in [-0.2, -0.15) is 5.10 Å². The number of ether oxygens (including phenoxy) is 1. The molecule has 10 heteroatoms. The number of aryl methyl sites for hydroxylation is 2. The van der Waals surface area contributed by atoms with Gasteiger partial charge in [-0.05, 0) is 56.9 Å². The molecule has 4 aromatic heterocycles. The predicted molar refractivity (Wildman–Crippen MR) is 138 cm³/mol. The van der Waals surface area contributed by atoms with E-state index in [1.54, 1.807) is 23.0 Å². The van der Waals surface area contributed by atoms with Crippen molar-refractivity contribution in [1.82, 2.24) is 29.9 Å². The lowest BCUT2D eigenvalue weighted by Crippen LogP contribution is -2.25. The maximum atomic E-state index is 13.2. The average molecular weight is 500 g/mol. The van der Waals surface area contributed by atoms with E-state index in [4.69, 9.17) is 4.74 Å². The number of aromatic nitrogens is 5. The highest BCUT2D eigenvalue weighted by molar-refractivity contribution is 5.96. The second-order valence-electron chi connectivity index (χ2n) is 9.34. The lowest BCUT2D eigenvalue weighted by molar-refractivity contribution is -0.114. The van der Waals surface area contributed by atoms with E-state index in [0.29, 0.717) is 53.4 Å². The molecule has 1 aliphatic rings. The van der Waals surface area contributed by atoms with Gasteiger partial charge < -0.3 is 15.4 Å². The van der Waals surface area contributed by atoms with E-state index in [1.807, 2.05) is 38.1 Å². The van der Waals surface area contributed by atoms with Gasteiger partial charge in [-0.1, -0.05) is 12.5 Å². The van der Waals surface area contributed by atoms with Crippen molar-refractivity contribution in [2.24, 2.45) is 5.92 Å². The second kappa shape index (κ2) is 10.3. The fourth-order valence-electron chi connectivity index (χ4n) is 4.30. The molecular weight excluding hydrogens is 470 g/mol. The number of rotatable bonds is 8. The van der Waals surface area contributed by atoms with Crippen molar-refractivity contribution < 1.29 is 14.3 Å². The first-order valence-corrected chi connectivity index (χ1v) is 12.3. The summed E-state index contributed by atoms with van der Waals surface area (Å²) in [6.07, 6.45) is 6.99. The molecule has 37 heavy (non-hydrogen) atoms. The van der Waals surface area contributed by atoms with Crippen LogP contribution in [-0.2, 0) is 11.3 Å². The summed E-state index contributed by atoms with van der Waals surface area (Å²) in [4.78, 5) is 37.9. The molecule has 0 saturated heterocycles. The normalized spacial score (nSPS) is 13.3. The van der Waals surface area contributed by atoms with Crippen molar-refractivity contribution in [3.63, 3.8) is 0 Å². The maximum absolute atomic E-state index is 13.2. The number of hydrogen-bond acceptors (Lipinski definition) is 7. The fraction of sp³-hybridized carbons (Fsp3) is 0.333. The Hall–Kier alpha value is -4.34. The third-order valence-corrected chi connectivity index (χ3v) is 6.52. The van der Waals surface area contributed by atoms with Crippen molar-refractivity contribution in [1.29, 1.82) is 0 Å². The number of fused-ring (bicyclic) bond motifs is 1. The lowest BCUT2D eigenvalue weighted by atomic mass is 9.86. The average Bonchev–Trinajstić information content (AvgIpc) is 3.23. The fourth-order valence-corrected chi connectivity index (χ4v) is 4.30. The quantitative estimate of drug-likeness (QED) is 0.377. The number of nitrogens with zero attached hydrogens (tertiary/aromatic N) is 5. The molecule has 0 aliphatic heterocycles. The number of imidazole rings is 1. The SMILES string of the molecule is CC(=O)Nc1cn2nc(-c3cc(C(=O)NCc4cccnc4OCC4CCC4)c(C)nc3C)ccc2n1. The number of nitrogens with one attached hydrogen (secondary N) is 2. The van der Waals surface area contributed by atoms with Crippen LogP contribution in [0.25, 0.3) is 16.9 Å². The molecule has 5 rings (SSSR count). The first-order valence-electron chi connectivity index (χ1n) is 12.3. The molecule has 0 radical (unpaired) electrons. The molecular formula is C27H29N7O3. The summed E-state index contributed by atoms with van der Waals surface area (Å²) in [5.41, 5.74) is 4.64. The Balaban J connectivity index is 1.34. The summed E-state index contributed by atoms with van der Waals surface area (Å²) < 4.78 is 7.53. The zero-order valence-electron chi connectivity index (χ0n) is 21.1. The van der Waals surface area contributed by atoms with Gasteiger partial charge in [0.1, 0.15) is 0 Å². The minimum absolute atomic E-state index is 0.207. The zero-order valence-corrected chi connectivity index (χ0v) is 21.1. The Labute approximate surface area is 214 Å². The molecule has 4 heterocycles. The van der Waals surface area contributed by atoms with Crippen LogP contribution >= 0.6 is 0 Å². The first-order chi connectivity index (χ1) is 17.9. The topological polar surface area (TPSA) is 123 Å². The molecule has 1 aliphatic carbocycles. The highest BCUT2D eigenvalue weighted by Crippen LogP contribution is 2.28. The number of hydrogen-bond donors (Lipinski definition) is 2. The van der Waals surface area contributed by atoms with Crippen LogP contribution in [-0.4, -0.2) is 43.0 Å². The number of amides is 2. The van der Waals surface area contributed by atoms with Crippen molar-refractivity contribution in [2.75, 3.05) is 11.9 Å². The van der Waals surface area contributed by atoms with Gasteiger partial charge in [0.15, 0.2) is 11.5 Å². The third-order valence-electron chi connectivity index (χ3n) is 6.52. The summed E-state index contributed by atoms with van der Waals surface area (Å²) in [7, 11) is 0. The standard InChI is InChI=1S/C27H29N7O3/c1-16-21(23-9-10-25-32-24(31-18(3)35)14-34(25)33-23)12-22(17(2)30-16)26(36)29-13-20-8-5-11-28-27(20)37-15-19-6-4-7-19/h5,8-12,14,19H,4,6-7,13,15H2,1-3H3,(H,29,36)(H,31,35). The van der Waals surface area contributed by atoms with E-state index in [-0.39, 0.29) is 11.8 Å². The molecule has 0 atom stereocenters. The summed E-state index contributed by atoms with van der Waals surface area (Å²) in [6.45, 7) is 6.07. The molecule has 0 unspecified atom stereocenters. The Morgan fingerprint density at radius 3 is 2.73 bits per heavy atom. The van der Waals surface area contributed by atoms with Crippen LogP contribution in [0, 0.1) is 19.8 Å². The van der Waals surface area contributed by atoms with Crippen molar-refractivity contribution in [2.45, 2.75) is 46.6 Å². The molecule has 10 nitrogen and oxygen atoms in total. The van der Waals surface area contributed by atoms with E-state index in [1.165, 1.54) is 26.2 Å². The zero-order chi connectivity index (χ0) is 25.9. The molecule has 0 spiro atoms. The molecule has 0 aromatic carbocycles. The van der Waals surface area contributed by atoms with Gasteiger partial charge in [0.05, 0.1) is 29.8 Å². The molecule has 1 saturated carbocycles. The van der Waals surface area contributed by atoms with E-state index in [2.05, 4.69) is 30.7 Å². The minimum Gasteiger partial charge on any atom is -0.477 e. The Kier molecular flexibility index (Phi) is 6.80. The van der Waals surface area contributed by atoms with Gasteiger partial charge in [0.2, 0.25) is 11.8 Å². The van der Waals surface area contributed by atoms with Gasteiger partial charge in [0, 0.05) is 36.5 Å². The second-order valence-corrected chi connectivity index (χ2v) is 9.34. The Morgan fingerprint density at radius 2 is 1.97 bits per heavy atom. The first kappa shape index (κ1) is 24.4. The lowest BCUT2D eigenvalue weighted by Gasteiger charge is -2.25. The summed E-state index contributed by atoms with van der Waals surface area (Å²) in [6, 6.07) is 9.19. The Morgan fingerprint density at radius 1 is 1.14 bits per heavy atom. The van der Waals surface area contributed by atoms with Gasteiger partial charge in [0.25, 0.3) is 5.91 Å². The van der Waals surface area contributed by atoms with E-state index in [0.717, 1.165) is 16.8 Å². The van der Waals surface area contributed by atoms with Gasteiger partial charge in [-0.15, -0.1) is 0 Å². The van der Waals surface area contributed by atoms with E-state index < -0.39 is 0 Å². The molecule has 2 N–H and O–H groups in total. The van der Waals surface area contributed by atoms with Crippen molar-refractivity contribution >= 4 is 23.3 Å². The molecule has 190 valence electrons. The number of anilines is 1. The minimum atomic E-state index is -0.239. The highest BCUT2D eigenvalue weighted by Gasteiger charge is 2.20. The number of pyridine rings is 2. The highest BCUT2D eigenvalue weighted by atomic mass is 16.5. The van der Waals surface area contributed by atoms with Crippen LogP contribution in [0.3, 0.4) is 0 Å². The van der Waals surface area contributed by atoms with E-state index >= 15 is 0 Å². The number of carbonyl (C=O) groups excluding carboxylic acids is 2. The smallest absolute Gasteiger partial charge is 0.253 e. The van der Waals surface area contributed by atoms with E-state index in [9.17, 15) is 9.59 Å². The monoisotopic (exact) mass is 499 g/mol. The van der Waals surface area contributed by atoms with Crippen LogP contribution < -0.4 is 15.4 Å². The van der Waals surface area contributed by atoms with Crippen molar-refractivity contribution in [3.05, 3.63) is 65.2 Å². The molecule has 1 fully saturated rings. The van der Waals surface area contributed by atoms with Gasteiger partial charge >= 0.3 is 0 Å². The maximum Gasteiger partial charge on any atom is 0.253 e. The Bertz CT molecular complexity index is 1480. The van der Waals surface area contributed by atoms with Gasteiger partial charge in [-0.3, -0.25) is 14.6 Å². The molecule has 0 bridgehead atoms. The van der Waals surface area contributed by atoms with Gasteiger partial charge in [-0.25, -0.2) is 14.5 Å². The summed E-state index contributed by atoms with van der Waals surface area (Å²) in [5.74, 6) is 1.13. The summed E-state index contributed by atoms with van der Waals surface area (Å²) >= 11 is 0.